The molecular weight excluding hydrogens is 877 g/mol. The van der Waals surface area contributed by atoms with Crippen LogP contribution in [0.25, 0.3) is 122 Å². The monoisotopic (exact) mass is 916 g/mol. The summed E-state index contributed by atoms with van der Waals surface area (Å²) in [4.78, 5) is 0. The predicted octanol–water partition coefficient (Wildman–Crippen LogP) is 15.4. The Labute approximate surface area is 413 Å². The van der Waals surface area contributed by atoms with Crippen molar-refractivity contribution in [3.63, 3.8) is 0 Å². The fraction of sp³-hybridized carbons (Fsp3) is 0.0149. The van der Waals surface area contributed by atoms with Crippen LogP contribution in [0.2, 0.25) is 0 Å². The smallest absolute Gasteiger partial charge is 0.425 e. The molecule has 1 spiro atoms. The summed E-state index contributed by atoms with van der Waals surface area (Å²) in [6.45, 7) is 0. The van der Waals surface area contributed by atoms with E-state index in [1.807, 2.05) is 0 Å². The Balaban J connectivity index is 1.08. The van der Waals surface area contributed by atoms with E-state index in [1.54, 1.807) is 0 Å². The Hall–Kier alpha value is -9.58. The zero-order valence-corrected chi connectivity index (χ0v) is 38.8. The van der Waals surface area contributed by atoms with Gasteiger partial charge in [-0.3, -0.25) is 0 Å². The van der Waals surface area contributed by atoms with Crippen molar-refractivity contribution >= 4 is 54.6 Å². The molecule has 332 valence electrons. The zero-order chi connectivity index (χ0) is 46.8. The van der Waals surface area contributed by atoms with Crippen molar-refractivity contribution in [3.05, 3.63) is 254 Å². The zero-order valence-electron chi connectivity index (χ0n) is 38.8. The Morgan fingerprint density at radius 1 is 0.319 bits per heavy atom. The topological polar surface area (TPSA) is 25.8 Å². The van der Waals surface area contributed by atoms with Gasteiger partial charge in [0.1, 0.15) is 11.5 Å². The number of pyridine rings is 4. The highest BCUT2D eigenvalue weighted by molar-refractivity contribution is 6.23. The van der Waals surface area contributed by atoms with Crippen molar-refractivity contribution < 1.29 is 13.9 Å². The summed E-state index contributed by atoms with van der Waals surface area (Å²) in [7, 11) is 0. The SMILES string of the molecule is c1ccc(-c2c(-c3ccccc3)c3c4ccc[n+]5c4c4c6c(ccc4n3c2-c2ccccc2)Oc2ccc3c4c2C65[n+]2cccc(c5c(-c6ccccc6)c(-c6ccccc6)c(-c6ccccc6)n35)c42)cc1. The molecule has 0 bridgehead atoms. The second-order valence-corrected chi connectivity index (χ2v) is 19.5. The van der Waals surface area contributed by atoms with Gasteiger partial charge in [-0.05, 0) is 69.8 Å². The molecule has 6 aromatic heterocycles. The molecule has 0 aliphatic carbocycles. The van der Waals surface area contributed by atoms with Crippen LogP contribution in [0.4, 0.5) is 0 Å². The van der Waals surface area contributed by atoms with Gasteiger partial charge in [0.2, 0.25) is 11.0 Å². The van der Waals surface area contributed by atoms with E-state index in [1.165, 1.54) is 111 Å². The highest BCUT2D eigenvalue weighted by atomic mass is 16.5. The maximum absolute atomic E-state index is 7.35. The summed E-state index contributed by atoms with van der Waals surface area (Å²) in [5.41, 5.74) is 22.8. The van der Waals surface area contributed by atoms with Crippen LogP contribution in [0.15, 0.2) is 243 Å². The first-order valence-electron chi connectivity index (χ1n) is 24.9. The molecule has 17 rings (SSSR count). The van der Waals surface area contributed by atoms with Crippen molar-refractivity contribution in [2.45, 2.75) is 5.66 Å². The third-order valence-electron chi connectivity index (χ3n) is 16.0. The molecule has 0 unspecified atom stereocenters. The average molecular weight is 917 g/mol. The van der Waals surface area contributed by atoms with E-state index in [2.05, 4.69) is 261 Å². The number of ether oxygens (including phenoxy) is 1. The highest BCUT2D eigenvalue weighted by Gasteiger charge is 2.70. The summed E-state index contributed by atoms with van der Waals surface area (Å²) in [6.07, 6.45) is 4.67. The summed E-state index contributed by atoms with van der Waals surface area (Å²) in [5.74, 6) is 1.76. The minimum absolute atomic E-state index is 0.811. The first-order chi connectivity index (χ1) is 35.8. The fourth-order valence-corrected chi connectivity index (χ4v) is 13.6. The van der Waals surface area contributed by atoms with Gasteiger partial charge in [-0.25, -0.2) is 0 Å². The number of hydrogen-bond donors (Lipinski definition) is 0. The predicted molar refractivity (Wildman–Crippen MR) is 289 cm³/mol. The summed E-state index contributed by atoms with van der Waals surface area (Å²) in [5, 5.41) is 4.79. The van der Waals surface area contributed by atoms with Gasteiger partial charge in [0.25, 0.3) is 0 Å². The molecule has 0 amide bonds. The average Bonchev–Trinajstić information content (AvgIpc) is 4.21. The van der Waals surface area contributed by atoms with E-state index >= 15 is 0 Å². The molecule has 0 saturated carbocycles. The number of benzene rings is 8. The molecule has 0 atom stereocenters. The minimum Gasteiger partial charge on any atom is -0.456 e. The number of aromatic nitrogens is 4. The third-order valence-corrected chi connectivity index (χ3v) is 16.0. The number of fused-ring (bicyclic) bond motifs is 6. The van der Waals surface area contributed by atoms with Gasteiger partial charge in [0.15, 0.2) is 23.5 Å². The molecule has 0 fully saturated rings. The number of hydrogen-bond acceptors (Lipinski definition) is 1. The van der Waals surface area contributed by atoms with E-state index in [0.717, 1.165) is 33.7 Å². The second-order valence-electron chi connectivity index (χ2n) is 19.5. The molecule has 5 heteroatoms. The first kappa shape index (κ1) is 38.3. The van der Waals surface area contributed by atoms with Crippen LogP contribution in [0, 0.1) is 0 Å². The Morgan fingerprint density at radius 3 is 1.01 bits per heavy atom. The van der Waals surface area contributed by atoms with Crippen LogP contribution in [0.5, 0.6) is 11.5 Å². The lowest BCUT2D eigenvalue weighted by atomic mass is 9.87. The van der Waals surface area contributed by atoms with E-state index in [-0.39, 0.29) is 0 Å². The van der Waals surface area contributed by atoms with Gasteiger partial charge in [-0.15, -0.1) is 9.13 Å². The lowest BCUT2D eigenvalue weighted by Crippen LogP contribution is -2.72. The van der Waals surface area contributed by atoms with Crippen molar-refractivity contribution in [2.75, 3.05) is 0 Å². The van der Waals surface area contributed by atoms with Crippen molar-refractivity contribution in [1.82, 2.24) is 8.80 Å². The summed E-state index contributed by atoms with van der Waals surface area (Å²) < 4.78 is 17.7. The maximum Gasteiger partial charge on any atom is 0.425 e. The van der Waals surface area contributed by atoms with Gasteiger partial charge in [0.05, 0.1) is 55.0 Å². The lowest BCUT2D eigenvalue weighted by molar-refractivity contribution is -0.945. The van der Waals surface area contributed by atoms with E-state index in [9.17, 15) is 0 Å². The fourth-order valence-electron chi connectivity index (χ4n) is 13.6. The molecule has 0 N–H and O–H groups in total. The second kappa shape index (κ2) is 13.8. The molecule has 3 aliphatic rings. The van der Waals surface area contributed by atoms with Gasteiger partial charge < -0.3 is 13.5 Å². The molecule has 0 saturated heterocycles. The molecule has 0 radical (unpaired) electrons. The van der Waals surface area contributed by atoms with Crippen molar-refractivity contribution in [2.24, 2.45) is 0 Å². The van der Waals surface area contributed by atoms with Gasteiger partial charge in [0, 0.05) is 34.4 Å². The van der Waals surface area contributed by atoms with Crippen LogP contribution >= 0.6 is 0 Å². The molecule has 72 heavy (non-hydrogen) atoms. The molecule has 3 aliphatic heterocycles. The summed E-state index contributed by atoms with van der Waals surface area (Å²) >= 11 is 0. The maximum atomic E-state index is 7.35. The van der Waals surface area contributed by atoms with E-state index in [4.69, 9.17) is 4.74 Å². The van der Waals surface area contributed by atoms with Crippen LogP contribution in [0.3, 0.4) is 0 Å². The molecule has 5 nitrogen and oxygen atoms in total. The van der Waals surface area contributed by atoms with E-state index in [0.29, 0.717) is 0 Å². The quantitative estimate of drug-likeness (QED) is 0.121. The van der Waals surface area contributed by atoms with Gasteiger partial charge in [-0.2, -0.15) is 0 Å². The normalized spacial score (nSPS) is 13.5. The van der Waals surface area contributed by atoms with Crippen LogP contribution in [-0.4, -0.2) is 8.80 Å². The highest BCUT2D eigenvalue weighted by Crippen LogP contribution is 2.60. The third kappa shape index (κ3) is 4.55. The van der Waals surface area contributed by atoms with E-state index < -0.39 is 5.66 Å². The van der Waals surface area contributed by atoms with Crippen LogP contribution < -0.4 is 13.9 Å². The molecule has 9 heterocycles. The van der Waals surface area contributed by atoms with Crippen molar-refractivity contribution in [3.8, 4) is 78.5 Å². The first-order valence-corrected chi connectivity index (χ1v) is 24.9. The lowest BCUT2D eigenvalue weighted by Gasteiger charge is -2.26. The Morgan fingerprint density at radius 2 is 0.653 bits per heavy atom. The Bertz CT molecular complexity index is 4360. The van der Waals surface area contributed by atoms with Gasteiger partial charge in [-0.1, -0.05) is 182 Å². The summed E-state index contributed by atoms with van der Waals surface area (Å²) in [6, 6.07) is 84.3. The molecule has 8 aromatic carbocycles. The molecule has 14 aromatic rings. The minimum atomic E-state index is -0.811. The number of nitrogens with zero attached hydrogens (tertiary/aromatic N) is 4. The van der Waals surface area contributed by atoms with Crippen LogP contribution in [-0.2, 0) is 5.66 Å². The van der Waals surface area contributed by atoms with Crippen LogP contribution in [0.1, 0.15) is 11.1 Å². The van der Waals surface area contributed by atoms with Gasteiger partial charge >= 0.3 is 5.66 Å². The van der Waals surface area contributed by atoms with Crippen molar-refractivity contribution in [1.29, 1.82) is 0 Å². The largest absolute Gasteiger partial charge is 0.456 e. The standard InChI is InChI=1S/C67H40N4O/c1-7-21-41(22-8-1)53-55(43-25-11-3-12-26-43)65-47-33-19-39-68-63(47)57-49(70(65)61(53)45-29-15-5-16-30-45)35-37-51-59(57)67(68)60-52(72-51)38-36-50-58(60)64-48(34-20-40-69(64)67)66-56(44-27-13-4-14-28-44)54(42-23-9-2-10-24-42)62(71(50)66)46-31-17-6-18-32-46/h1-40H/q+2. The Kier molecular flexibility index (Phi) is 7.34. The number of rotatable bonds is 6. The molecular formula is C67H40N4O+2.